The smallest absolute Gasteiger partial charge is 0.225 e. The van der Waals surface area contributed by atoms with Crippen molar-refractivity contribution in [3.05, 3.63) is 29.8 Å². The van der Waals surface area contributed by atoms with Crippen molar-refractivity contribution in [1.82, 2.24) is 4.90 Å². The van der Waals surface area contributed by atoms with E-state index in [9.17, 15) is 4.79 Å². The predicted octanol–water partition coefficient (Wildman–Crippen LogP) is 2.53. The number of carbonyl (C=O) groups excluding carboxylic acids is 1. The lowest BCUT2D eigenvalue weighted by molar-refractivity contribution is -0.118. The van der Waals surface area contributed by atoms with E-state index in [1.165, 1.54) is 19.3 Å². The summed E-state index contributed by atoms with van der Waals surface area (Å²) < 4.78 is 5.87. The van der Waals surface area contributed by atoms with Crippen LogP contribution in [0.3, 0.4) is 0 Å². The first-order chi connectivity index (χ1) is 11.3. The Hall–Kier alpha value is -1.90. The van der Waals surface area contributed by atoms with E-state index in [1.54, 1.807) is 24.3 Å². The summed E-state index contributed by atoms with van der Waals surface area (Å²) >= 11 is 0. The SMILES string of the molecule is N#Cc1ccc(NC(=O)CCN2CCOC3CCCCC32)cc1. The van der Waals surface area contributed by atoms with E-state index in [2.05, 4.69) is 16.3 Å². The minimum atomic E-state index is 0.0218. The van der Waals surface area contributed by atoms with Crippen molar-refractivity contribution >= 4 is 11.6 Å². The van der Waals surface area contributed by atoms with Crippen molar-refractivity contribution in [2.75, 3.05) is 25.0 Å². The van der Waals surface area contributed by atoms with Crippen LogP contribution < -0.4 is 5.32 Å². The molecule has 1 aromatic carbocycles. The Morgan fingerprint density at radius 1 is 1.30 bits per heavy atom. The van der Waals surface area contributed by atoms with Crippen molar-refractivity contribution in [3.63, 3.8) is 0 Å². The summed E-state index contributed by atoms with van der Waals surface area (Å²) in [7, 11) is 0. The van der Waals surface area contributed by atoms with Gasteiger partial charge in [-0.05, 0) is 37.1 Å². The standard InChI is InChI=1S/C18H23N3O2/c19-13-14-5-7-15(8-6-14)20-18(22)9-10-21-11-12-23-17-4-2-1-3-16(17)21/h5-8,16-17H,1-4,9-12H2,(H,20,22). The third-order valence-electron chi connectivity index (χ3n) is 4.77. The van der Waals surface area contributed by atoms with Crippen molar-refractivity contribution < 1.29 is 9.53 Å². The number of fused-ring (bicyclic) bond motifs is 1. The highest BCUT2D eigenvalue weighted by atomic mass is 16.5. The Labute approximate surface area is 137 Å². The molecule has 2 aliphatic rings. The Balaban J connectivity index is 1.49. The molecule has 1 amide bonds. The topological polar surface area (TPSA) is 65.4 Å². The summed E-state index contributed by atoms with van der Waals surface area (Å²) in [6.07, 6.45) is 5.70. The van der Waals surface area contributed by atoms with Crippen molar-refractivity contribution in [2.24, 2.45) is 0 Å². The number of nitriles is 1. The second kappa shape index (κ2) is 7.58. The van der Waals surface area contributed by atoms with Gasteiger partial charge in [0.25, 0.3) is 0 Å². The molecule has 2 unspecified atom stereocenters. The zero-order chi connectivity index (χ0) is 16.1. The molecule has 1 N–H and O–H groups in total. The second-order valence-corrected chi connectivity index (χ2v) is 6.28. The number of hydrogen-bond donors (Lipinski definition) is 1. The molecule has 1 saturated carbocycles. The number of rotatable bonds is 4. The zero-order valence-electron chi connectivity index (χ0n) is 13.3. The number of carbonyl (C=O) groups is 1. The molecule has 1 heterocycles. The molecule has 1 saturated heterocycles. The molecule has 2 atom stereocenters. The van der Waals surface area contributed by atoms with Crippen LogP contribution in [0.2, 0.25) is 0 Å². The van der Waals surface area contributed by atoms with Gasteiger partial charge in [0, 0.05) is 31.2 Å². The van der Waals surface area contributed by atoms with Gasteiger partial charge in [-0.1, -0.05) is 12.8 Å². The summed E-state index contributed by atoms with van der Waals surface area (Å²) in [5.41, 5.74) is 1.34. The molecule has 0 spiro atoms. The van der Waals surface area contributed by atoms with Crippen LogP contribution >= 0.6 is 0 Å². The van der Waals surface area contributed by atoms with Crippen molar-refractivity contribution in [2.45, 2.75) is 44.2 Å². The first-order valence-corrected chi connectivity index (χ1v) is 8.42. The van der Waals surface area contributed by atoms with Gasteiger partial charge in [-0.2, -0.15) is 5.26 Å². The summed E-state index contributed by atoms with van der Waals surface area (Å²) in [6.45, 7) is 2.48. The first kappa shape index (κ1) is 16.0. The molecule has 2 fully saturated rings. The van der Waals surface area contributed by atoms with Gasteiger partial charge in [-0.25, -0.2) is 0 Å². The third kappa shape index (κ3) is 4.10. The number of nitrogens with zero attached hydrogens (tertiary/aromatic N) is 2. The van der Waals surface area contributed by atoms with E-state index in [4.69, 9.17) is 10.00 Å². The van der Waals surface area contributed by atoms with Gasteiger partial charge in [0.2, 0.25) is 5.91 Å². The summed E-state index contributed by atoms with van der Waals surface area (Å²) in [6, 6.07) is 9.51. The van der Waals surface area contributed by atoms with Crippen LogP contribution in [0.1, 0.15) is 37.7 Å². The molecule has 1 aliphatic heterocycles. The van der Waals surface area contributed by atoms with Crippen LogP contribution in [0, 0.1) is 11.3 Å². The molecule has 1 aromatic rings. The highest BCUT2D eigenvalue weighted by molar-refractivity contribution is 5.90. The maximum absolute atomic E-state index is 12.1. The molecule has 0 radical (unpaired) electrons. The lowest BCUT2D eigenvalue weighted by Crippen LogP contribution is -2.53. The molecule has 3 rings (SSSR count). The number of benzene rings is 1. The first-order valence-electron chi connectivity index (χ1n) is 8.42. The van der Waals surface area contributed by atoms with E-state index in [0.29, 0.717) is 24.1 Å². The van der Waals surface area contributed by atoms with Crippen molar-refractivity contribution in [3.8, 4) is 6.07 Å². The number of amides is 1. The zero-order valence-corrected chi connectivity index (χ0v) is 13.3. The molecular weight excluding hydrogens is 290 g/mol. The largest absolute Gasteiger partial charge is 0.375 e. The molecule has 122 valence electrons. The lowest BCUT2D eigenvalue weighted by atomic mass is 9.90. The lowest BCUT2D eigenvalue weighted by Gasteiger charge is -2.43. The van der Waals surface area contributed by atoms with Gasteiger partial charge < -0.3 is 10.1 Å². The fraction of sp³-hybridized carbons (Fsp3) is 0.556. The molecule has 5 heteroatoms. The molecule has 5 nitrogen and oxygen atoms in total. The summed E-state index contributed by atoms with van der Waals surface area (Å²) in [5.74, 6) is 0.0218. The number of anilines is 1. The van der Waals surface area contributed by atoms with Crippen molar-refractivity contribution in [1.29, 1.82) is 5.26 Å². The van der Waals surface area contributed by atoms with Gasteiger partial charge in [0.1, 0.15) is 0 Å². The summed E-state index contributed by atoms with van der Waals surface area (Å²) in [5, 5.41) is 11.7. The normalized spacial score (nSPS) is 24.5. The van der Waals surface area contributed by atoms with Crippen LogP contribution in [0.5, 0.6) is 0 Å². The molecule has 23 heavy (non-hydrogen) atoms. The van der Waals surface area contributed by atoms with E-state index < -0.39 is 0 Å². The number of morpholine rings is 1. The molecule has 0 bridgehead atoms. The third-order valence-corrected chi connectivity index (χ3v) is 4.77. The predicted molar refractivity (Wildman–Crippen MR) is 88.0 cm³/mol. The monoisotopic (exact) mass is 313 g/mol. The fourth-order valence-electron chi connectivity index (χ4n) is 3.55. The van der Waals surface area contributed by atoms with Crippen LogP contribution in [-0.2, 0) is 9.53 Å². The average Bonchev–Trinajstić information content (AvgIpc) is 2.60. The molecule has 0 aromatic heterocycles. The maximum Gasteiger partial charge on any atom is 0.225 e. The maximum atomic E-state index is 12.1. The van der Waals surface area contributed by atoms with Crippen LogP contribution in [0.4, 0.5) is 5.69 Å². The van der Waals surface area contributed by atoms with Gasteiger partial charge in [-0.15, -0.1) is 0 Å². The minimum absolute atomic E-state index is 0.0218. The number of hydrogen-bond acceptors (Lipinski definition) is 4. The Morgan fingerprint density at radius 3 is 2.87 bits per heavy atom. The number of nitrogens with one attached hydrogen (secondary N) is 1. The minimum Gasteiger partial charge on any atom is -0.375 e. The van der Waals surface area contributed by atoms with E-state index in [1.807, 2.05) is 0 Å². The van der Waals surface area contributed by atoms with Crippen LogP contribution in [0.15, 0.2) is 24.3 Å². The van der Waals surface area contributed by atoms with Gasteiger partial charge in [0.15, 0.2) is 0 Å². The Bertz CT molecular complexity index is 577. The van der Waals surface area contributed by atoms with Crippen LogP contribution in [-0.4, -0.2) is 42.6 Å². The van der Waals surface area contributed by atoms with E-state index in [-0.39, 0.29) is 5.91 Å². The fourth-order valence-corrected chi connectivity index (χ4v) is 3.55. The van der Waals surface area contributed by atoms with Gasteiger partial charge in [-0.3, -0.25) is 9.69 Å². The van der Waals surface area contributed by atoms with E-state index >= 15 is 0 Å². The summed E-state index contributed by atoms with van der Waals surface area (Å²) in [4.78, 5) is 14.6. The average molecular weight is 313 g/mol. The quantitative estimate of drug-likeness (QED) is 0.927. The van der Waals surface area contributed by atoms with Gasteiger partial charge >= 0.3 is 0 Å². The highest BCUT2D eigenvalue weighted by Gasteiger charge is 2.33. The molecular formula is C18H23N3O2. The van der Waals surface area contributed by atoms with E-state index in [0.717, 1.165) is 31.8 Å². The number of ether oxygens (including phenoxy) is 1. The van der Waals surface area contributed by atoms with Gasteiger partial charge in [0.05, 0.1) is 24.3 Å². The Kier molecular flexibility index (Phi) is 5.27. The molecule has 1 aliphatic carbocycles. The Morgan fingerprint density at radius 2 is 2.09 bits per heavy atom. The van der Waals surface area contributed by atoms with Crippen LogP contribution in [0.25, 0.3) is 0 Å². The second-order valence-electron chi connectivity index (χ2n) is 6.28. The highest BCUT2D eigenvalue weighted by Crippen LogP contribution is 2.28.